The van der Waals surface area contributed by atoms with Gasteiger partial charge in [0.2, 0.25) is 0 Å². The minimum atomic E-state index is -2.63. The number of imidazole rings is 1. The predicted molar refractivity (Wildman–Crippen MR) is 119 cm³/mol. The van der Waals surface area contributed by atoms with E-state index in [1.54, 1.807) is 7.05 Å². The molecule has 1 heterocycles. The number of ether oxygens (including phenoxy) is 2. The van der Waals surface area contributed by atoms with E-state index >= 15 is 0 Å². The third kappa shape index (κ3) is 7.02. The molecule has 1 atom stereocenters. The van der Waals surface area contributed by atoms with Crippen LogP contribution in [0.3, 0.4) is 0 Å². The van der Waals surface area contributed by atoms with Gasteiger partial charge in [-0.15, -0.1) is 24.0 Å². The largest absolute Gasteiger partial charge is 0.490 e. The molecule has 1 aromatic heterocycles. The van der Waals surface area contributed by atoms with Crippen molar-refractivity contribution in [1.29, 1.82) is 0 Å². The van der Waals surface area contributed by atoms with Crippen molar-refractivity contribution in [2.45, 2.75) is 39.9 Å². The average molecular weight is 523 g/mol. The number of benzene rings is 1. The molecule has 29 heavy (non-hydrogen) atoms. The van der Waals surface area contributed by atoms with E-state index in [4.69, 9.17) is 9.47 Å². The van der Waals surface area contributed by atoms with Gasteiger partial charge in [0.1, 0.15) is 5.82 Å². The molecule has 0 amide bonds. The Bertz CT molecular complexity index is 786. The molecule has 0 aliphatic rings. The van der Waals surface area contributed by atoms with E-state index < -0.39 is 6.55 Å². The molecule has 162 valence electrons. The van der Waals surface area contributed by atoms with E-state index in [0.717, 1.165) is 10.1 Å². The quantitative estimate of drug-likeness (QED) is 0.294. The van der Waals surface area contributed by atoms with Gasteiger partial charge >= 0.3 is 6.55 Å². The van der Waals surface area contributed by atoms with Crippen molar-refractivity contribution >= 4 is 29.9 Å². The van der Waals surface area contributed by atoms with Crippen LogP contribution in [-0.4, -0.2) is 35.8 Å². The van der Waals surface area contributed by atoms with Crippen LogP contribution in [0.5, 0.6) is 11.5 Å². The number of hydrogen-bond acceptors (Lipinski definition) is 4. The van der Waals surface area contributed by atoms with E-state index in [1.165, 1.54) is 12.4 Å². The van der Waals surface area contributed by atoms with Crippen LogP contribution in [0.4, 0.5) is 8.78 Å². The molecule has 7 nitrogen and oxygen atoms in total. The summed E-state index contributed by atoms with van der Waals surface area (Å²) in [6.07, 6.45) is 2.59. The van der Waals surface area contributed by atoms with E-state index in [1.807, 2.05) is 39.0 Å². The average Bonchev–Trinajstić information content (AvgIpc) is 3.15. The van der Waals surface area contributed by atoms with Crippen molar-refractivity contribution in [2.24, 2.45) is 4.99 Å². The van der Waals surface area contributed by atoms with Gasteiger partial charge in [-0.05, 0) is 38.5 Å². The third-order valence-corrected chi connectivity index (χ3v) is 4.02. The van der Waals surface area contributed by atoms with Crippen molar-refractivity contribution < 1.29 is 18.3 Å². The lowest BCUT2D eigenvalue weighted by molar-refractivity contribution is 0.0668. The van der Waals surface area contributed by atoms with Gasteiger partial charge in [-0.3, -0.25) is 9.56 Å². The highest BCUT2D eigenvalue weighted by molar-refractivity contribution is 14.0. The first-order valence-corrected chi connectivity index (χ1v) is 9.16. The van der Waals surface area contributed by atoms with Crippen molar-refractivity contribution in [2.75, 3.05) is 20.3 Å². The van der Waals surface area contributed by atoms with Gasteiger partial charge in [0.05, 0.1) is 25.8 Å². The number of hydrogen-bond donors (Lipinski definition) is 2. The van der Waals surface area contributed by atoms with Crippen LogP contribution in [0.15, 0.2) is 35.6 Å². The lowest BCUT2D eigenvalue weighted by atomic mass is 10.1. The SMILES string of the molecule is CCOc1ccc(C(C)NC(=NC)NCc2nccn2C(F)F)cc1OCC.I. The highest BCUT2D eigenvalue weighted by atomic mass is 127. The Balaban J connectivity index is 0.00000420. The second kappa shape index (κ2) is 12.5. The summed E-state index contributed by atoms with van der Waals surface area (Å²) in [6, 6.07) is 5.64. The number of alkyl halides is 2. The first kappa shape index (κ1) is 24.9. The smallest absolute Gasteiger partial charge is 0.319 e. The molecule has 0 saturated heterocycles. The van der Waals surface area contributed by atoms with Gasteiger partial charge in [0, 0.05) is 19.4 Å². The molecule has 0 fully saturated rings. The standard InChI is InChI=1S/C19H27F2N5O2.HI/c1-5-27-15-8-7-14(11-16(15)28-6-2)13(3)25-19(22-4)24-12-17-23-9-10-26(17)18(20)21;/h7-11,13,18H,5-6,12H2,1-4H3,(H2,22,24,25);1H. The number of rotatable bonds is 9. The predicted octanol–water partition coefficient (Wildman–Crippen LogP) is 4.12. The Labute approximate surface area is 186 Å². The zero-order chi connectivity index (χ0) is 20.5. The van der Waals surface area contributed by atoms with Gasteiger partial charge < -0.3 is 20.1 Å². The molecule has 0 aliphatic carbocycles. The highest BCUT2D eigenvalue weighted by Gasteiger charge is 2.14. The molecule has 10 heteroatoms. The van der Waals surface area contributed by atoms with Crippen molar-refractivity contribution in [3.05, 3.63) is 42.0 Å². The summed E-state index contributed by atoms with van der Waals surface area (Å²) in [5.74, 6) is 2.08. The lowest BCUT2D eigenvalue weighted by Crippen LogP contribution is -2.38. The summed E-state index contributed by atoms with van der Waals surface area (Å²) in [6.45, 7) is 4.38. The van der Waals surface area contributed by atoms with Gasteiger partial charge in [-0.2, -0.15) is 8.78 Å². The molecule has 2 rings (SSSR count). The van der Waals surface area contributed by atoms with Gasteiger partial charge in [-0.1, -0.05) is 6.07 Å². The number of aliphatic imine (C=N–C) groups is 1. The van der Waals surface area contributed by atoms with Crippen LogP contribution in [0.25, 0.3) is 0 Å². The van der Waals surface area contributed by atoms with Gasteiger partial charge in [-0.25, -0.2) is 4.98 Å². The van der Waals surface area contributed by atoms with Crippen LogP contribution in [0.2, 0.25) is 0 Å². The van der Waals surface area contributed by atoms with Crippen molar-refractivity contribution in [3.63, 3.8) is 0 Å². The number of halogens is 3. The van der Waals surface area contributed by atoms with E-state index in [2.05, 4.69) is 20.6 Å². The van der Waals surface area contributed by atoms with Crippen molar-refractivity contribution in [3.8, 4) is 11.5 Å². The Kier molecular flexibility index (Phi) is 10.7. The molecular weight excluding hydrogens is 495 g/mol. The Morgan fingerprint density at radius 1 is 1.21 bits per heavy atom. The van der Waals surface area contributed by atoms with Crippen LogP contribution in [0, 0.1) is 0 Å². The molecule has 0 radical (unpaired) electrons. The van der Waals surface area contributed by atoms with Gasteiger partial charge in [0.15, 0.2) is 17.5 Å². The number of aromatic nitrogens is 2. The van der Waals surface area contributed by atoms with E-state index in [-0.39, 0.29) is 42.4 Å². The van der Waals surface area contributed by atoms with E-state index in [0.29, 0.717) is 30.7 Å². The van der Waals surface area contributed by atoms with Crippen LogP contribution in [-0.2, 0) is 6.54 Å². The minimum absolute atomic E-state index is 0. The second-order valence-corrected chi connectivity index (χ2v) is 5.89. The molecule has 0 aliphatic heterocycles. The fraction of sp³-hybridized carbons (Fsp3) is 0.474. The normalized spacial score (nSPS) is 12.3. The van der Waals surface area contributed by atoms with Gasteiger partial charge in [0.25, 0.3) is 0 Å². The molecule has 0 saturated carbocycles. The molecular formula is C19H28F2IN5O2. The maximum atomic E-state index is 12.9. The Hall–Kier alpha value is -2.11. The Morgan fingerprint density at radius 3 is 2.52 bits per heavy atom. The minimum Gasteiger partial charge on any atom is -0.490 e. The van der Waals surface area contributed by atoms with E-state index in [9.17, 15) is 8.78 Å². The lowest BCUT2D eigenvalue weighted by Gasteiger charge is -2.20. The molecule has 1 aromatic carbocycles. The second-order valence-electron chi connectivity index (χ2n) is 5.89. The highest BCUT2D eigenvalue weighted by Crippen LogP contribution is 2.30. The van der Waals surface area contributed by atoms with Crippen LogP contribution >= 0.6 is 24.0 Å². The fourth-order valence-electron chi connectivity index (χ4n) is 2.64. The first-order chi connectivity index (χ1) is 13.5. The maximum Gasteiger partial charge on any atom is 0.319 e. The summed E-state index contributed by atoms with van der Waals surface area (Å²) in [4.78, 5) is 8.09. The summed E-state index contributed by atoms with van der Waals surface area (Å²) in [5.41, 5.74) is 0.976. The molecule has 0 bridgehead atoms. The van der Waals surface area contributed by atoms with Crippen LogP contribution in [0.1, 0.15) is 44.8 Å². The summed E-state index contributed by atoms with van der Waals surface area (Å²) in [7, 11) is 1.62. The van der Waals surface area contributed by atoms with Crippen molar-refractivity contribution in [1.82, 2.24) is 20.2 Å². The monoisotopic (exact) mass is 523 g/mol. The Morgan fingerprint density at radius 2 is 1.90 bits per heavy atom. The summed E-state index contributed by atoms with van der Waals surface area (Å²) in [5, 5.41) is 6.24. The molecule has 2 N–H and O–H groups in total. The fourth-order valence-corrected chi connectivity index (χ4v) is 2.64. The third-order valence-electron chi connectivity index (χ3n) is 4.02. The summed E-state index contributed by atoms with van der Waals surface area (Å²) < 4.78 is 37.9. The summed E-state index contributed by atoms with van der Waals surface area (Å²) >= 11 is 0. The first-order valence-electron chi connectivity index (χ1n) is 9.16. The zero-order valence-corrected chi connectivity index (χ0v) is 19.3. The number of guanidine groups is 1. The molecule has 1 unspecified atom stereocenters. The van der Waals surface area contributed by atoms with Crippen LogP contribution < -0.4 is 20.1 Å². The number of nitrogens with one attached hydrogen (secondary N) is 2. The molecule has 0 spiro atoms. The topological polar surface area (TPSA) is 72.7 Å². The molecule has 2 aromatic rings. The zero-order valence-electron chi connectivity index (χ0n) is 17.0. The number of nitrogens with zero attached hydrogens (tertiary/aromatic N) is 3. The maximum absolute atomic E-state index is 12.9.